The molecular weight excluding hydrogens is 321 g/mol. The molecule has 5 heteroatoms. The third-order valence-electron chi connectivity index (χ3n) is 4.51. The van der Waals surface area contributed by atoms with Gasteiger partial charge in [0.05, 0.1) is 27.9 Å². The van der Waals surface area contributed by atoms with E-state index >= 15 is 0 Å². The predicted molar refractivity (Wildman–Crippen MR) is 93.1 cm³/mol. The van der Waals surface area contributed by atoms with Crippen molar-refractivity contribution in [1.29, 1.82) is 5.26 Å². The first-order valence-corrected chi connectivity index (χ1v) is 8.84. The molecule has 0 aliphatic carbocycles. The zero-order valence-electron chi connectivity index (χ0n) is 13.1. The SMILES string of the molecule is N#Cc1ccc(F)c(CN2CCC[C@H]2c2nc3ccccc3s2)c1. The van der Waals surface area contributed by atoms with Crippen LogP contribution in [0.15, 0.2) is 42.5 Å². The molecule has 3 aromatic rings. The van der Waals surface area contributed by atoms with Gasteiger partial charge in [-0.25, -0.2) is 9.37 Å². The molecule has 0 radical (unpaired) electrons. The van der Waals surface area contributed by atoms with Crippen molar-refractivity contribution in [3.05, 3.63) is 64.4 Å². The maximum Gasteiger partial charge on any atom is 0.127 e. The van der Waals surface area contributed by atoms with Crippen molar-refractivity contribution in [3.63, 3.8) is 0 Å². The van der Waals surface area contributed by atoms with E-state index in [4.69, 9.17) is 10.2 Å². The molecule has 2 heterocycles. The Kier molecular flexibility index (Phi) is 4.01. The monoisotopic (exact) mass is 337 g/mol. The number of benzene rings is 2. The summed E-state index contributed by atoms with van der Waals surface area (Å²) in [5, 5.41) is 10.1. The summed E-state index contributed by atoms with van der Waals surface area (Å²) in [7, 11) is 0. The summed E-state index contributed by atoms with van der Waals surface area (Å²) < 4.78 is 15.3. The number of nitrogens with zero attached hydrogens (tertiary/aromatic N) is 3. The molecular formula is C19H16FN3S. The second-order valence-corrected chi connectivity index (χ2v) is 7.13. The molecule has 0 bridgehead atoms. The second-order valence-electron chi connectivity index (χ2n) is 6.07. The van der Waals surface area contributed by atoms with E-state index < -0.39 is 0 Å². The molecule has 0 N–H and O–H groups in total. The zero-order valence-corrected chi connectivity index (χ0v) is 13.9. The van der Waals surface area contributed by atoms with Gasteiger partial charge in [0, 0.05) is 12.1 Å². The van der Waals surface area contributed by atoms with Gasteiger partial charge in [-0.1, -0.05) is 12.1 Å². The highest BCUT2D eigenvalue weighted by Crippen LogP contribution is 2.37. The Labute approximate surface area is 144 Å². The minimum atomic E-state index is -0.246. The van der Waals surface area contributed by atoms with Gasteiger partial charge in [-0.05, 0) is 49.7 Å². The zero-order chi connectivity index (χ0) is 16.5. The maximum absolute atomic E-state index is 14.1. The molecule has 3 nitrogen and oxygen atoms in total. The quantitative estimate of drug-likeness (QED) is 0.699. The summed E-state index contributed by atoms with van der Waals surface area (Å²) >= 11 is 1.72. The third-order valence-corrected chi connectivity index (χ3v) is 5.65. The Hall–Kier alpha value is -2.29. The van der Waals surface area contributed by atoms with E-state index in [1.807, 2.05) is 18.2 Å². The molecule has 120 valence electrons. The number of hydrogen-bond donors (Lipinski definition) is 0. The van der Waals surface area contributed by atoms with E-state index in [0.717, 1.165) is 29.9 Å². The van der Waals surface area contributed by atoms with Gasteiger partial charge in [-0.3, -0.25) is 4.90 Å². The van der Waals surface area contributed by atoms with Crippen LogP contribution in [0.4, 0.5) is 4.39 Å². The van der Waals surface area contributed by atoms with Gasteiger partial charge in [-0.2, -0.15) is 5.26 Å². The van der Waals surface area contributed by atoms with Gasteiger partial charge in [0.2, 0.25) is 0 Å². The van der Waals surface area contributed by atoms with E-state index in [1.165, 1.54) is 16.8 Å². The standard InChI is InChI=1S/C19H16FN3S/c20-15-8-7-13(11-21)10-14(15)12-23-9-3-5-17(23)19-22-16-4-1-2-6-18(16)24-19/h1-2,4,6-8,10,17H,3,5,9,12H2/t17-/m0/s1. The summed E-state index contributed by atoms with van der Waals surface area (Å²) in [6.07, 6.45) is 2.12. The van der Waals surface area contributed by atoms with Crippen LogP contribution in [0, 0.1) is 17.1 Å². The van der Waals surface area contributed by atoms with Crippen molar-refractivity contribution in [2.45, 2.75) is 25.4 Å². The predicted octanol–water partition coefficient (Wildman–Crippen LogP) is 4.64. The van der Waals surface area contributed by atoms with Crippen molar-refractivity contribution in [2.75, 3.05) is 6.54 Å². The molecule has 1 aliphatic heterocycles. The minimum absolute atomic E-state index is 0.229. The number of para-hydroxylation sites is 1. The van der Waals surface area contributed by atoms with Crippen molar-refractivity contribution in [1.82, 2.24) is 9.88 Å². The highest BCUT2D eigenvalue weighted by atomic mass is 32.1. The number of thiazole rings is 1. The van der Waals surface area contributed by atoms with Crippen LogP contribution in [0.25, 0.3) is 10.2 Å². The average molecular weight is 337 g/mol. The Morgan fingerprint density at radius 2 is 2.17 bits per heavy atom. The lowest BCUT2D eigenvalue weighted by Crippen LogP contribution is -2.23. The fourth-order valence-corrected chi connectivity index (χ4v) is 4.45. The highest BCUT2D eigenvalue weighted by molar-refractivity contribution is 7.18. The topological polar surface area (TPSA) is 39.9 Å². The number of fused-ring (bicyclic) bond motifs is 1. The number of nitriles is 1. The molecule has 0 unspecified atom stereocenters. The van der Waals surface area contributed by atoms with Crippen LogP contribution >= 0.6 is 11.3 Å². The third kappa shape index (κ3) is 2.79. The molecule has 1 fully saturated rings. The van der Waals surface area contributed by atoms with Gasteiger partial charge in [-0.15, -0.1) is 11.3 Å². The first-order valence-electron chi connectivity index (χ1n) is 8.02. The first-order chi connectivity index (χ1) is 11.7. The summed E-state index contributed by atoms with van der Waals surface area (Å²) in [5.41, 5.74) is 2.12. The van der Waals surface area contributed by atoms with Crippen LogP contribution in [0.1, 0.15) is 35.0 Å². The van der Waals surface area contributed by atoms with E-state index in [9.17, 15) is 4.39 Å². The normalized spacial score (nSPS) is 18.1. The fourth-order valence-electron chi connectivity index (χ4n) is 3.31. The van der Waals surface area contributed by atoms with E-state index in [0.29, 0.717) is 17.7 Å². The van der Waals surface area contributed by atoms with Crippen LogP contribution in [0.3, 0.4) is 0 Å². The van der Waals surface area contributed by atoms with Crippen molar-refractivity contribution in [2.24, 2.45) is 0 Å². The molecule has 1 atom stereocenters. The fraction of sp³-hybridized carbons (Fsp3) is 0.263. The Morgan fingerprint density at radius 3 is 3.00 bits per heavy atom. The van der Waals surface area contributed by atoms with Crippen LogP contribution < -0.4 is 0 Å². The lowest BCUT2D eigenvalue weighted by atomic mass is 10.1. The van der Waals surface area contributed by atoms with Crippen molar-refractivity contribution in [3.8, 4) is 6.07 Å². The lowest BCUT2D eigenvalue weighted by molar-refractivity contribution is 0.245. The molecule has 4 rings (SSSR count). The first kappa shape index (κ1) is 15.3. The number of halogens is 1. The average Bonchev–Trinajstić information content (AvgIpc) is 3.22. The molecule has 1 saturated heterocycles. The highest BCUT2D eigenvalue weighted by Gasteiger charge is 2.29. The number of rotatable bonds is 3. The van der Waals surface area contributed by atoms with Gasteiger partial charge < -0.3 is 0 Å². The van der Waals surface area contributed by atoms with Gasteiger partial charge >= 0.3 is 0 Å². The van der Waals surface area contributed by atoms with E-state index in [2.05, 4.69) is 17.0 Å². The maximum atomic E-state index is 14.1. The molecule has 2 aromatic carbocycles. The molecule has 0 amide bonds. The van der Waals surface area contributed by atoms with Gasteiger partial charge in [0.25, 0.3) is 0 Å². The molecule has 24 heavy (non-hydrogen) atoms. The number of hydrogen-bond acceptors (Lipinski definition) is 4. The molecule has 0 spiro atoms. The Morgan fingerprint density at radius 1 is 1.29 bits per heavy atom. The van der Waals surface area contributed by atoms with E-state index in [-0.39, 0.29) is 11.9 Å². The summed E-state index contributed by atoms with van der Waals surface area (Å²) in [5.74, 6) is -0.246. The van der Waals surface area contributed by atoms with Crippen LogP contribution in [0.5, 0.6) is 0 Å². The van der Waals surface area contributed by atoms with Gasteiger partial charge in [0.1, 0.15) is 10.8 Å². The number of likely N-dealkylation sites (tertiary alicyclic amines) is 1. The molecule has 1 aromatic heterocycles. The minimum Gasteiger partial charge on any atom is -0.290 e. The smallest absolute Gasteiger partial charge is 0.127 e. The van der Waals surface area contributed by atoms with Crippen molar-refractivity contribution >= 4 is 21.6 Å². The summed E-state index contributed by atoms with van der Waals surface area (Å²) in [6.45, 7) is 1.44. The van der Waals surface area contributed by atoms with E-state index in [1.54, 1.807) is 17.4 Å². The molecule has 1 aliphatic rings. The summed E-state index contributed by atoms with van der Waals surface area (Å²) in [6, 6.07) is 15.0. The molecule has 0 saturated carbocycles. The second kappa shape index (κ2) is 6.31. The lowest BCUT2D eigenvalue weighted by Gasteiger charge is -2.23. The Bertz CT molecular complexity index is 895. The largest absolute Gasteiger partial charge is 0.290 e. The summed E-state index contributed by atoms with van der Waals surface area (Å²) in [4.78, 5) is 7.05. The van der Waals surface area contributed by atoms with Crippen LogP contribution in [0.2, 0.25) is 0 Å². The van der Waals surface area contributed by atoms with Crippen molar-refractivity contribution < 1.29 is 4.39 Å². The number of aromatic nitrogens is 1. The van der Waals surface area contributed by atoms with Crippen LogP contribution in [-0.2, 0) is 6.54 Å². The van der Waals surface area contributed by atoms with Gasteiger partial charge in [0.15, 0.2) is 0 Å². The Balaban J connectivity index is 1.62. The van der Waals surface area contributed by atoms with Crippen LogP contribution in [-0.4, -0.2) is 16.4 Å².